The largest absolute Gasteiger partial charge is 1.00 e. The van der Waals surface area contributed by atoms with Gasteiger partial charge in [0, 0.05) is 28.1 Å². The second-order valence-electron chi connectivity index (χ2n) is 1.68. The molecule has 0 aromatic rings. The first-order valence-corrected chi connectivity index (χ1v) is 5.49. The lowest BCUT2D eigenvalue weighted by Crippen LogP contribution is -3.00. The van der Waals surface area contributed by atoms with Crippen LogP contribution in [-0.4, -0.2) is 26.6 Å². The SMILES string of the molecule is CCS(=O)CCSC(N)=[NH2+].[Cl-]. The Morgan fingerprint density at radius 3 is 2.64 bits per heavy atom. The van der Waals surface area contributed by atoms with E-state index in [9.17, 15) is 4.21 Å². The third-order valence-electron chi connectivity index (χ3n) is 0.902. The topological polar surface area (TPSA) is 68.7 Å². The van der Waals surface area contributed by atoms with Crippen molar-refractivity contribution >= 4 is 27.7 Å². The zero-order chi connectivity index (χ0) is 7.98. The van der Waals surface area contributed by atoms with Gasteiger partial charge in [-0.3, -0.25) is 15.4 Å². The molecule has 0 rings (SSSR count). The molecule has 0 fully saturated rings. The van der Waals surface area contributed by atoms with E-state index in [1.165, 1.54) is 11.8 Å². The van der Waals surface area contributed by atoms with Gasteiger partial charge in [0.15, 0.2) is 0 Å². The minimum Gasteiger partial charge on any atom is -1.00 e. The Balaban J connectivity index is 0. The predicted molar refractivity (Wildman–Crippen MR) is 47.1 cm³/mol. The van der Waals surface area contributed by atoms with Gasteiger partial charge >= 0.3 is 0 Å². The highest BCUT2D eigenvalue weighted by atomic mass is 35.5. The highest BCUT2D eigenvalue weighted by molar-refractivity contribution is 8.13. The molecule has 1 unspecified atom stereocenters. The molecule has 0 aliphatic rings. The van der Waals surface area contributed by atoms with Gasteiger partial charge < -0.3 is 12.4 Å². The van der Waals surface area contributed by atoms with Gasteiger partial charge in [-0.2, -0.15) is 0 Å². The van der Waals surface area contributed by atoms with Crippen LogP contribution in [0.5, 0.6) is 0 Å². The Morgan fingerprint density at radius 2 is 2.27 bits per heavy atom. The summed E-state index contributed by atoms with van der Waals surface area (Å²) in [6.45, 7) is 1.90. The number of thioether (sulfide) groups is 1. The maximum Gasteiger partial charge on any atom is 0.299 e. The van der Waals surface area contributed by atoms with Crippen LogP contribution >= 0.6 is 11.8 Å². The van der Waals surface area contributed by atoms with E-state index in [2.05, 4.69) is 0 Å². The quantitative estimate of drug-likeness (QED) is 0.368. The molecule has 0 spiro atoms. The van der Waals surface area contributed by atoms with Crippen molar-refractivity contribution in [2.45, 2.75) is 6.92 Å². The van der Waals surface area contributed by atoms with Crippen molar-refractivity contribution in [3.05, 3.63) is 0 Å². The molecule has 3 nitrogen and oxygen atoms in total. The molecule has 0 radical (unpaired) electrons. The summed E-state index contributed by atoms with van der Waals surface area (Å²) in [5, 5.41) is 5.53. The van der Waals surface area contributed by atoms with Crippen LogP contribution in [0.15, 0.2) is 0 Å². The Bertz CT molecular complexity index is 142. The maximum absolute atomic E-state index is 10.8. The molecule has 0 saturated carbocycles. The molecule has 0 heterocycles. The molecular weight excluding hydrogens is 204 g/mol. The average molecular weight is 217 g/mol. The molecule has 6 heteroatoms. The maximum atomic E-state index is 10.8. The van der Waals surface area contributed by atoms with Crippen molar-refractivity contribution in [3.8, 4) is 0 Å². The van der Waals surface area contributed by atoms with Crippen LogP contribution in [-0.2, 0) is 10.8 Å². The molecule has 0 bridgehead atoms. The van der Waals surface area contributed by atoms with Crippen molar-refractivity contribution in [2.24, 2.45) is 5.73 Å². The van der Waals surface area contributed by atoms with E-state index in [-0.39, 0.29) is 12.4 Å². The third kappa shape index (κ3) is 10.3. The summed E-state index contributed by atoms with van der Waals surface area (Å²) in [4.78, 5) is 0. The summed E-state index contributed by atoms with van der Waals surface area (Å²) in [6, 6.07) is 0. The number of hydrogen-bond donors (Lipinski definition) is 2. The minimum absolute atomic E-state index is 0. The van der Waals surface area contributed by atoms with Crippen LogP contribution in [0.1, 0.15) is 6.92 Å². The van der Waals surface area contributed by atoms with Gasteiger partial charge in [-0.25, -0.2) is 0 Å². The van der Waals surface area contributed by atoms with Crippen LogP contribution < -0.4 is 23.5 Å². The normalized spacial score (nSPS) is 11.7. The van der Waals surface area contributed by atoms with Crippen LogP contribution in [0, 0.1) is 0 Å². The number of halogens is 1. The van der Waals surface area contributed by atoms with Crippen molar-refractivity contribution in [1.82, 2.24) is 0 Å². The van der Waals surface area contributed by atoms with E-state index in [0.29, 0.717) is 16.7 Å². The monoisotopic (exact) mass is 216 g/mol. The lowest BCUT2D eigenvalue weighted by atomic mass is 10.9. The van der Waals surface area contributed by atoms with Crippen LogP contribution in [0.4, 0.5) is 0 Å². The molecule has 0 aliphatic carbocycles. The summed E-state index contributed by atoms with van der Waals surface area (Å²) in [6.07, 6.45) is 0. The van der Waals surface area contributed by atoms with E-state index in [1.807, 2.05) is 6.92 Å². The number of hydrogen-bond acceptors (Lipinski definition) is 2. The van der Waals surface area contributed by atoms with Gasteiger partial charge in [0.2, 0.25) is 0 Å². The Hall–Kier alpha value is 0.260. The first-order valence-electron chi connectivity index (χ1n) is 3.02. The van der Waals surface area contributed by atoms with Gasteiger partial charge in [-0.05, 0) is 11.8 Å². The second kappa shape index (κ2) is 8.36. The molecule has 0 aromatic carbocycles. The number of nitrogens with two attached hydrogens (primary N) is 2. The number of amidine groups is 1. The van der Waals surface area contributed by atoms with Crippen LogP contribution in [0.3, 0.4) is 0 Å². The van der Waals surface area contributed by atoms with E-state index >= 15 is 0 Å². The molecule has 1 atom stereocenters. The second-order valence-corrected chi connectivity index (χ2v) is 4.72. The standard InChI is InChI=1S/C5H12N2OS2.ClH/c1-2-10(8)4-3-9-5(6)7;/h2-4H2,1H3,(H3,6,7);1H. The molecule has 4 N–H and O–H groups in total. The lowest BCUT2D eigenvalue weighted by molar-refractivity contribution is -0.110. The van der Waals surface area contributed by atoms with Gasteiger partial charge in [-0.15, -0.1) is 0 Å². The molecule has 68 valence electrons. The van der Waals surface area contributed by atoms with Gasteiger partial charge in [0.25, 0.3) is 5.17 Å². The van der Waals surface area contributed by atoms with Crippen LogP contribution in [0.2, 0.25) is 0 Å². The summed E-state index contributed by atoms with van der Waals surface area (Å²) in [7, 11) is -0.689. The fourth-order valence-corrected chi connectivity index (χ4v) is 2.00. The van der Waals surface area contributed by atoms with Gasteiger partial charge in [0.05, 0.1) is 0 Å². The van der Waals surface area contributed by atoms with Crippen molar-refractivity contribution < 1.29 is 22.0 Å². The van der Waals surface area contributed by atoms with E-state index in [4.69, 9.17) is 11.1 Å². The fourth-order valence-electron chi connectivity index (χ4n) is 0.397. The zero-order valence-corrected chi connectivity index (χ0v) is 8.77. The van der Waals surface area contributed by atoms with Crippen LogP contribution in [0.25, 0.3) is 0 Å². The minimum atomic E-state index is -0.689. The van der Waals surface area contributed by atoms with Crippen molar-refractivity contribution in [2.75, 3.05) is 17.3 Å². The Morgan fingerprint density at radius 1 is 1.73 bits per heavy atom. The van der Waals surface area contributed by atoms with Crippen molar-refractivity contribution in [1.29, 1.82) is 0 Å². The Labute approximate surface area is 79.9 Å². The first kappa shape index (κ1) is 13.8. The molecule has 0 aliphatic heterocycles. The van der Waals surface area contributed by atoms with Gasteiger partial charge in [-0.1, -0.05) is 6.92 Å². The molecule has 0 aromatic heterocycles. The van der Waals surface area contributed by atoms with E-state index < -0.39 is 10.8 Å². The van der Waals surface area contributed by atoms with E-state index in [0.717, 1.165) is 5.75 Å². The Kier molecular flexibility index (Phi) is 10.5. The molecular formula is C5H13ClN2OS2. The molecule has 0 saturated heterocycles. The smallest absolute Gasteiger partial charge is 0.299 e. The summed E-state index contributed by atoms with van der Waals surface area (Å²) in [5.41, 5.74) is 5.18. The zero-order valence-electron chi connectivity index (χ0n) is 6.38. The average Bonchev–Trinajstić information content (AvgIpc) is 1.87. The molecule has 0 amide bonds. The predicted octanol–water partition coefficient (Wildman–Crippen LogP) is -4.43. The summed E-state index contributed by atoms with van der Waals surface area (Å²) in [5.74, 6) is 2.15. The highest BCUT2D eigenvalue weighted by Crippen LogP contribution is 1.96. The summed E-state index contributed by atoms with van der Waals surface area (Å²) < 4.78 is 10.8. The van der Waals surface area contributed by atoms with E-state index in [1.54, 1.807) is 0 Å². The first-order chi connectivity index (χ1) is 4.66. The molecule has 11 heavy (non-hydrogen) atoms. The number of rotatable bonds is 4. The van der Waals surface area contributed by atoms with Crippen molar-refractivity contribution in [3.63, 3.8) is 0 Å². The fraction of sp³-hybridized carbons (Fsp3) is 0.800. The highest BCUT2D eigenvalue weighted by Gasteiger charge is 1.99. The summed E-state index contributed by atoms with van der Waals surface area (Å²) >= 11 is 1.35. The lowest BCUT2D eigenvalue weighted by Gasteiger charge is -1.94. The third-order valence-corrected chi connectivity index (χ3v) is 3.21. The van der Waals surface area contributed by atoms with Gasteiger partial charge in [0.1, 0.15) is 0 Å².